The molecule has 1 aromatic rings. The molecule has 0 spiro atoms. The zero-order valence-electron chi connectivity index (χ0n) is 8.36. The quantitative estimate of drug-likeness (QED) is 0.709. The molecule has 0 aliphatic rings. The van der Waals surface area contributed by atoms with Crippen LogP contribution in [0.15, 0.2) is 18.5 Å². The maximum Gasteiger partial charge on any atom is 0.322 e. The second-order valence-corrected chi connectivity index (χ2v) is 3.14. The number of nitrogens with zero attached hydrogens (tertiary/aromatic N) is 1. The summed E-state index contributed by atoms with van der Waals surface area (Å²) in [6.45, 7) is 1.96. The van der Waals surface area contributed by atoms with Crippen LogP contribution in [0.25, 0.3) is 0 Å². The van der Waals surface area contributed by atoms with Crippen LogP contribution in [-0.2, 0) is 16.0 Å². The van der Waals surface area contributed by atoms with Crippen molar-refractivity contribution >= 4 is 5.97 Å². The van der Waals surface area contributed by atoms with Crippen molar-refractivity contribution < 1.29 is 9.53 Å². The van der Waals surface area contributed by atoms with Gasteiger partial charge in [-0.05, 0) is 24.1 Å². The molecule has 0 aliphatic heterocycles. The molecule has 0 aromatic carbocycles. The van der Waals surface area contributed by atoms with Gasteiger partial charge in [-0.15, -0.1) is 0 Å². The van der Waals surface area contributed by atoms with Crippen LogP contribution in [0.4, 0.5) is 0 Å². The monoisotopic (exact) mass is 194 g/mol. The summed E-state index contributed by atoms with van der Waals surface area (Å²) in [6, 6.07) is 1.28. The molecule has 4 nitrogen and oxygen atoms in total. The predicted molar refractivity (Wildman–Crippen MR) is 52.7 cm³/mol. The van der Waals surface area contributed by atoms with Gasteiger partial charge in [0.05, 0.1) is 7.11 Å². The number of ether oxygens (including phenoxy) is 1. The smallest absolute Gasteiger partial charge is 0.322 e. The number of esters is 1. The van der Waals surface area contributed by atoms with Gasteiger partial charge in [-0.2, -0.15) is 0 Å². The van der Waals surface area contributed by atoms with Crippen molar-refractivity contribution in [3.63, 3.8) is 0 Å². The van der Waals surface area contributed by atoms with E-state index in [4.69, 9.17) is 5.73 Å². The minimum atomic E-state index is -0.608. The van der Waals surface area contributed by atoms with E-state index in [0.717, 1.165) is 11.1 Å². The number of hydrogen-bond acceptors (Lipinski definition) is 4. The Morgan fingerprint density at radius 1 is 1.71 bits per heavy atom. The first-order valence-corrected chi connectivity index (χ1v) is 4.38. The molecule has 0 radical (unpaired) electrons. The zero-order chi connectivity index (χ0) is 10.6. The van der Waals surface area contributed by atoms with Gasteiger partial charge in [-0.3, -0.25) is 9.78 Å². The average molecular weight is 194 g/mol. The predicted octanol–water partition coefficient (Wildman–Crippen LogP) is 0.433. The highest BCUT2D eigenvalue weighted by molar-refractivity contribution is 5.75. The van der Waals surface area contributed by atoms with Crippen LogP contribution in [0, 0.1) is 6.92 Å². The van der Waals surface area contributed by atoms with Gasteiger partial charge in [-0.25, -0.2) is 0 Å². The molecule has 0 fully saturated rings. The van der Waals surface area contributed by atoms with E-state index in [2.05, 4.69) is 9.72 Å². The van der Waals surface area contributed by atoms with E-state index in [-0.39, 0.29) is 0 Å². The van der Waals surface area contributed by atoms with Gasteiger partial charge in [0.2, 0.25) is 0 Å². The molecule has 1 aromatic heterocycles. The Morgan fingerprint density at radius 2 is 2.43 bits per heavy atom. The van der Waals surface area contributed by atoms with E-state index in [9.17, 15) is 4.79 Å². The van der Waals surface area contributed by atoms with Crippen molar-refractivity contribution in [1.29, 1.82) is 0 Å². The Bertz CT molecular complexity index is 326. The number of pyridine rings is 1. The molecular formula is C10H14N2O2. The van der Waals surface area contributed by atoms with E-state index in [1.54, 1.807) is 12.4 Å². The van der Waals surface area contributed by atoms with Crippen LogP contribution >= 0.6 is 0 Å². The summed E-state index contributed by atoms with van der Waals surface area (Å²) in [4.78, 5) is 15.0. The van der Waals surface area contributed by atoms with Crippen LogP contribution in [0.5, 0.6) is 0 Å². The number of carbonyl (C=O) groups excluding carboxylic acids is 1. The average Bonchev–Trinajstić information content (AvgIpc) is 2.20. The maximum atomic E-state index is 11.1. The van der Waals surface area contributed by atoms with E-state index in [1.807, 2.05) is 13.0 Å². The molecule has 0 amide bonds. The summed E-state index contributed by atoms with van der Waals surface area (Å²) in [5, 5.41) is 0. The molecule has 2 N–H and O–H groups in total. The van der Waals surface area contributed by atoms with Gasteiger partial charge in [0.15, 0.2) is 0 Å². The van der Waals surface area contributed by atoms with E-state index in [0.29, 0.717) is 6.42 Å². The molecule has 4 heteroatoms. The van der Waals surface area contributed by atoms with Crippen molar-refractivity contribution in [1.82, 2.24) is 4.98 Å². The highest BCUT2D eigenvalue weighted by Gasteiger charge is 2.14. The minimum Gasteiger partial charge on any atom is -0.468 e. The molecule has 1 heterocycles. The van der Waals surface area contributed by atoms with Gasteiger partial charge in [0.1, 0.15) is 6.04 Å². The number of aromatic nitrogens is 1. The fraction of sp³-hybridized carbons (Fsp3) is 0.400. The van der Waals surface area contributed by atoms with Crippen molar-refractivity contribution in [2.45, 2.75) is 19.4 Å². The van der Waals surface area contributed by atoms with Gasteiger partial charge in [0.25, 0.3) is 0 Å². The topological polar surface area (TPSA) is 65.2 Å². The maximum absolute atomic E-state index is 11.1. The van der Waals surface area contributed by atoms with Crippen molar-refractivity contribution in [3.8, 4) is 0 Å². The molecule has 0 aliphatic carbocycles. The third-order valence-electron chi connectivity index (χ3n) is 2.09. The summed E-state index contributed by atoms with van der Waals surface area (Å²) in [6.07, 6.45) is 3.90. The van der Waals surface area contributed by atoms with Crippen LogP contribution < -0.4 is 5.73 Å². The molecule has 1 atom stereocenters. The second-order valence-electron chi connectivity index (χ2n) is 3.14. The van der Waals surface area contributed by atoms with Crippen molar-refractivity contribution in [3.05, 3.63) is 29.6 Å². The van der Waals surface area contributed by atoms with Gasteiger partial charge >= 0.3 is 5.97 Å². The Hall–Kier alpha value is -1.42. The summed E-state index contributed by atoms with van der Waals surface area (Å²) < 4.78 is 4.54. The molecule has 0 saturated heterocycles. The third kappa shape index (κ3) is 2.53. The minimum absolute atomic E-state index is 0.395. The van der Waals surface area contributed by atoms with Crippen LogP contribution in [0.3, 0.4) is 0 Å². The lowest BCUT2D eigenvalue weighted by Crippen LogP contribution is -2.33. The highest BCUT2D eigenvalue weighted by atomic mass is 16.5. The lowest BCUT2D eigenvalue weighted by atomic mass is 10.0. The number of nitrogens with two attached hydrogens (primary N) is 1. The molecule has 0 saturated carbocycles. The second kappa shape index (κ2) is 4.72. The Balaban J connectivity index is 2.69. The molecular weight excluding hydrogens is 180 g/mol. The summed E-state index contributed by atoms with van der Waals surface area (Å²) >= 11 is 0. The lowest BCUT2D eigenvalue weighted by molar-refractivity contribution is -0.142. The fourth-order valence-corrected chi connectivity index (χ4v) is 1.18. The van der Waals surface area contributed by atoms with Crippen LogP contribution in [0.2, 0.25) is 0 Å². The molecule has 0 bridgehead atoms. The van der Waals surface area contributed by atoms with Crippen molar-refractivity contribution in [2.24, 2.45) is 5.73 Å². The molecule has 76 valence electrons. The van der Waals surface area contributed by atoms with Gasteiger partial charge < -0.3 is 10.5 Å². The zero-order valence-corrected chi connectivity index (χ0v) is 8.36. The van der Waals surface area contributed by atoms with Gasteiger partial charge in [0, 0.05) is 18.8 Å². The van der Waals surface area contributed by atoms with Crippen LogP contribution in [-0.4, -0.2) is 24.1 Å². The van der Waals surface area contributed by atoms with Crippen LogP contribution in [0.1, 0.15) is 11.1 Å². The van der Waals surface area contributed by atoms with E-state index < -0.39 is 12.0 Å². The van der Waals surface area contributed by atoms with E-state index >= 15 is 0 Å². The Morgan fingerprint density at radius 3 is 3.00 bits per heavy atom. The van der Waals surface area contributed by atoms with E-state index in [1.165, 1.54) is 7.11 Å². The first-order valence-electron chi connectivity index (χ1n) is 4.38. The fourth-order valence-electron chi connectivity index (χ4n) is 1.18. The summed E-state index contributed by atoms with van der Waals surface area (Å²) in [5.41, 5.74) is 7.69. The number of hydrogen-bond donors (Lipinski definition) is 1. The first-order chi connectivity index (χ1) is 6.65. The lowest BCUT2D eigenvalue weighted by Gasteiger charge is -2.10. The largest absolute Gasteiger partial charge is 0.468 e. The summed E-state index contributed by atoms with van der Waals surface area (Å²) in [5.74, 6) is -0.395. The standard InChI is InChI=1S/C10H14N2O2/c1-7-3-4-12-6-8(7)5-9(11)10(13)14-2/h3-4,6,9H,5,11H2,1-2H3/t9-/m1/s1. The SMILES string of the molecule is COC(=O)[C@H](N)Cc1cnccc1C. The molecule has 14 heavy (non-hydrogen) atoms. The first kappa shape index (κ1) is 10.7. The Kier molecular flexibility index (Phi) is 3.59. The molecule has 0 unspecified atom stereocenters. The number of rotatable bonds is 3. The van der Waals surface area contributed by atoms with Gasteiger partial charge in [-0.1, -0.05) is 0 Å². The summed E-state index contributed by atoms with van der Waals surface area (Å²) in [7, 11) is 1.33. The third-order valence-corrected chi connectivity index (χ3v) is 2.09. The highest BCUT2D eigenvalue weighted by Crippen LogP contribution is 2.07. The number of methoxy groups -OCH3 is 1. The number of aryl methyl sites for hydroxylation is 1. The number of carbonyl (C=O) groups is 1. The Labute approximate surface area is 83.1 Å². The normalized spacial score (nSPS) is 12.2. The van der Waals surface area contributed by atoms with Crippen molar-refractivity contribution in [2.75, 3.05) is 7.11 Å². The molecule has 1 rings (SSSR count).